The van der Waals surface area contributed by atoms with E-state index in [4.69, 9.17) is 9.15 Å². The van der Waals surface area contributed by atoms with E-state index in [9.17, 15) is 10.1 Å². The highest BCUT2D eigenvalue weighted by Gasteiger charge is 2.19. The van der Waals surface area contributed by atoms with E-state index in [1.54, 1.807) is 25.4 Å². The van der Waals surface area contributed by atoms with E-state index in [0.717, 1.165) is 16.6 Å². The lowest BCUT2D eigenvalue weighted by Gasteiger charge is -2.11. The van der Waals surface area contributed by atoms with Gasteiger partial charge in [-0.25, -0.2) is 4.98 Å². The van der Waals surface area contributed by atoms with Crippen LogP contribution < -0.4 is 4.74 Å². The van der Waals surface area contributed by atoms with Crippen LogP contribution >= 0.6 is 11.8 Å². The van der Waals surface area contributed by atoms with E-state index in [-0.39, 0.29) is 10.9 Å². The summed E-state index contributed by atoms with van der Waals surface area (Å²) < 4.78 is 13.0. The van der Waals surface area contributed by atoms with Crippen molar-refractivity contribution in [1.29, 1.82) is 0 Å². The fourth-order valence-electron chi connectivity index (χ4n) is 2.78. The Morgan fingerprint density at radius 3 is 2.73 bits per heavy atom. The molecule has 0 aliphatic carbocycles. The molecule has 4 aromatic rings. The number of rotatable bonds is 7. The lowest BCUT2D eigenvalue weighted by atomic mass is 10.2. The second kappa shape index (κ2) is 8.37. The molecule has 0 bridgehead atoms. The van der Waals surface area contributed by atoms with Crippen molar-refractivity contribution < 1.29 is 14.1 Å². The third kappa shape index (κ3) is 4.03. The van der Waals surface area contributed by atoms with Gasteiger partial charge in [0.05, 0.1) is 23.0 Å². The smallest absolute Gasteiger partial charge is 0.269 e. The van der Waals surface area contributed by atoms with Crippen LogP contribution in [0.5, 0.6) is 5.75 Å². The van der Waals surface area contributed by atoms with Gasteiger partial charge in [-0.05, 0) is 31.2 Å². The quantitative estimate of drug-likeness (QED) is 0.239. The molecule has 0 amide bonds. The van der Waals surface area contributed by atoms with Crippen LogP contribution in [0, 0.1) is 10.1 Å². The van der Waals surface area contributed by atoms with Crippen LogP contribution in [-0.2, 0) is 0 Å². The Morgan fingerprint density at radius 1 is 1.20 bits per heavy atom. The van der Waals surface area contributed by atoms with E-state index < -0.39 is 4.92 Å². The van der Waals surface area contributed by atoms with Gasteiger partial charge in [0.1, 0.15) is 5.75 Å². The Hall–Kier alpha value is -3.66. The third-order valence-corrected chi connectivity index (χ3v) is 5.40. The molecule has 10 heteroatoms. The number of nitro groups is 1. The standard InChI is InChI=1S/C20H17N5O4S/c1-13(18-22-23-19(29-18)14-6-8-15(9-7-14)25(26)27)30-20-21-10-11-24(20)16-4-3-5-17(12-16)28-2/h3-13H,1-2H3. The minimum atomic E-state index is -0.452. The summed E-state index contributed by atoms with van der Waals surface area (Å²) in [6.45, 7) is 1.95. The molecule has 30 heavy (non-hydrogen) atoms. The molecule has 2 heterocycles. The number of aromatic nitrogens is 4. The first-order valence-corrected chi connectivity index (χ1v) is 9.86. The Labute approximate surface area is 175 Å². The van der Waals surface area contributed by atoms with Crippen LogP contribution in [0.15, 0.2) is 70.5 Å². The molecule has 2 aromatic carbocycles. The molecule has 1 atom stereocenters. The molecule has 0 spiro atoms. The van der Waals surface area contributed by atoms with Crippen molar-refractivity contribution in [3.05, 3.63) is 76.9 Å². The van der Waals surface area contributed by atoms with Crippen molar-refractivity contribution in [3.8, 4) is 22.9 Å². The predicted molar refractivity (Wildman–Crippen MR) is 111 cm³/mol. The van der Waals surface area contributed by atoms with Crippen LogP contribution in [0.1, 0.15) is 18.1 Å². The third-order valence-electron chi connectivity index (χ3n) is 4.33. The van der Waals surface area contributed by atoms with Crippen molar-refractivity contribution in [2.45, 2.75) is 17.3 Å². The SMILES string of the molecule is COc1cccc(-n2ccnc2SC(C)c2nnc(-c3ccc([N+](=O)[O-])cc3)o2)c1. The second-order valence-corrected chi connectivity index (χ2v) is 7.60. The lowest BCUT2D eigenvalue weighted by Crippen LogP contribution is -1.98. The molecule has 0 aliphatic heterocycles. The summed E-state index contributed by atoms with van der Waals surface area (Å²) in [6, 6.07) is 13.7. The molecule has 0 saturated heterocycles. The molecule has 1 unspecified atom stereocenters. The summed E-state index contributed by atoms with van der Waals surface area (Å²) >= 11 is 1.48. The van der Waals surface area contributed by atoms with Gasteiger partial charge < -0.3 is 9.15 Å². The molecule has 4 rings (SSSR count). The fraction of sp³-hybridized carbons (Fsp3) is 0.150. The van der Waals surface area contributed by atoms with Crippen molar-refractivity contribution in [2.24, 2.45) is 0 Å². The van der Waals surface area contributed by atoms with Crippen LogP contribution in [0.25, 0.3) is 17.1 Å². The zero-order chi connectivity index (χ0) is 21.1. The highest BCUT2D eigenvalue weighted by Crippen LogP contribution is 2.35. The maximum Gasteiger partial charge on any atom is 0.269 e. The monoisotopic (exact) mass is 423 g/mol. The van der Waals surface area contributed by atoms with E-state index in [1.807, 2.05) is 42.0 Å². The average molecular weight is 423 g/mol. The molecule has 152 valence electrons. The normalized spacial score (nSPS) is 11.9. The number of thioether (sulfide) groups is 1. The largest absolute Gasteiger partial charge is 0.497 e. The molecular formula is C20H17N5O4S. The van der Waals surface area contributed by atoms with Crippen molar-refractivity contribution in [3.63, 3.8) is 0 Å². The van der Waals surface area contributed by atoms with Gasteiger partial charge in [0.15, 0.2) is 5.16 Å². The number of hydrogen-bond donors (Lipinski definition) is 0. The van der Waals surface area contributed by atoms with Crippen molar-refractivity contribution in [1.82, 2.24) is 19.7 Å². The van der Waals surface area contributed by atoms with Gasteiger partial charge in [0.2, 0.25) is 11.8 Å². The highest BCUT2D eigenvalue weighted by atomic mass is 32.2. The van der Waals surface area contributed by atoms with E-state index in [1.165, 1.54) is 23.9 Å². The Kier molecular flexibility index (Phi) is 5.48. The second-order valence-electron chi connectivity index (χ2n) is 6.29. The van der Waals surface area contributed by atoms with Gasteiger partial charge in [-0.3, -0.25) is 14.7 Å². The summed E-state index contributed by atoms with van der Waals surface area (Å²) in [4.78, 5) is 14.8. The predicted octanol–water partition coefficient (Wildman–Crippen LogP) is 4.69. The number of methoxy groups -OCH3 is 1. The Bertz CT molecular complexity index is 1170. The first-order valence-electron chi connectivity index (χ1n) is 8.98. The summed E-state index contributed by atoms with van der Waals surface area (Å²) in [6.07, 6.45) is 3.60. The molecular weight excluding hydrogens is 406 g/mol. The highest BCUT2D eigenvalue weighted by molar-refractivity contribution is 7.99. The maximum absolute atomic E-state index is 10.8. The average Bonchev–Trinajstić information content (AvgIpc) is 3.44. The maximum atomic E-state index is 10.8. The van der Waals surface area contributed by atoms with Gasteiger partial charge >= 0.3 is 0 Å². The number of non-ortho nitro benzene ring substituents is 1. The molecule has 0 aliphatic rings. The Balaban J connectivity index is 1.52. The van der Waals surface area contributed by atoms with Crippen molar-refractivity contribution in [2.75, 3.05) is 7.11 Å². The first-order chi connectivity index (χ1) is 14.5. The summed E-state index contributed by atoms with van der Waals surface area (Å²) in [7, 11) is 1.63. The molecule has 9 nitrogen and oxygen atoms in total. The van der Waals surface area contributed by atoms with E-state index >= 15 is 0 Å². The molecule has 2 aromatic heterocycles. The zero-order valence-corrected chi connectivity index (χ0v) is 16.9. The fourth-order valence-corrected chi connectivity index (χ4v) is 3.70. The van der Waals surface area contributed by atoms with Crippen LogP contribution in [-0.4, -0.2) is 31.8 Å². The number of benzene rings is 2. The number of imidazole rings is 1. The van der Waals surface area contributed by atoms with E-state index in [2.05, 4.69) is 15.2 Å². The van der Waals surface area contributed by atoms with Crippen LogP contribution in [0.4, 0.5) is 5.69 Å². The Morgan fingerprint density at radius 2 is 2.00 bits per heavy atom. The lowest BCUT2D eigenvalue weighted by molar-refractivity contribution is -0.384. The number of hydrogen-bond acceptors (Lipinski definition) is 8. The summed E-state index contributed by atoms with van der Waals surface area (Å²) in [5.74, 6) is 1.51. The summed E-state index contributed by atoms with van der Waals surface area (Å²) in [5.41, 5.74) is 1.56. The molecule has 0 saturated carbocycles. The number of nitrogens with zero attached hydrogens (tertiary/aromatic N) is 5. The minimum absolute atomic E-state index is 0.00629. The van der Waals surface area contributed by atoms with Gasteiger partial charge in [-0.15, -0.1) is 10.2 Å². The van der Waals surface area contributed by atoms with Crippen LogP contribution in [0.2, 0.25) is 0 Å². The molecule has 0 fully saturated rings. The topological polar surface area (TPSA) is 109 Å². The molecule has 0 N–H and O–H groups in total. The first kappa shape index (κ1) is 19.6. The molecule has 0 radical (unpaired) electrons. The zero-order valence-electron chi connectivity index (χ0n) is 16.1. The van der Waals surface area contributed by atoms with Gasteiger partial charge in [-0.2, -0.15) is 0 Å². The van der Waals surface area contributed by atoms with E-state index in [0.29, 0.717) is 17.3 Å². The van der Waals surface area contributed by atoms with Crippen molar-refractivity contribution >= 4 is 17.4 Å². The van der Waals surface area contributed by atoms with Gasteiger partial charge in [-0.1, -0.05) is 17.8 Å². The minimum Gasteiger partial charge on any atom is -0.497 e. The van der Waals surface area contributed by atoms with Gasteiger partial charge in [0, 0.05) is 36.2 Å². The summed E-state index contributed by atoms with van der Waals surface area (Å²) in [5, 5.41) is 19.6. The van der Waals surface area contributed by atoms with Crippen LogP contribution in [0.3, 0.4) is 0 Å². The number of nitro benzene ring substituents is 1. The van der Waals surface area contributed by atoms with Gasteiger partial charge in [0.25, 0.3) is 5.69 Å². The number of ether oxygens (including phenoxy) is 1.